The fraction of sp³-hybridized carbons (Fsp3) is 0.692. The van der Waals surface area contributed by atoms with E-state index in [1.165, 1.54) is 16.7 Å². The third-order valence-corrected chi connectivity index (χ3v) is 5.14. The Hall–Kier alpha value is -1.25. The van der Waals surface area contributed by atoms with Gasteiger partial charge in [-0.2, -0.15) is 4.31 Å². The second kappa shape index (κ2) is 7.15. The van der Waals surface area contributed by atoms with Crippen LogP contribution in [-0.2, 0) is 14.8 Å². The Bertz CT molecular complexity index is 543. The van der Waals surface area contributed by atoms with Crippen LogP contribution in [0.4, 0.5) is 5.95 Å². The van der Waals surface area contributed by atoms with E-state index in [1.807, 2.05) is 6.92 Å². The van der Waals surface area contributed by atoms with Crippen molar-refractivity contribution in [2.75, 3.05) is 32.1 Å². The first-order chi connectivity index (χ1) is 10.1. The first-order valence-electron chi connectivity index (χ1n) is 7.16. The van der Waals surface area contributed by atoms with Gasteiger partial charge in [0.05, 0.1) is 19.0 Å². The molecule has 1 aromatic heterocycles. The van der Waals surface area contributed by atoms with Gasteiger partial charge in [0.2, 0.25) is 16.0 Å². The molecule has 0 amide bonds. The summed E-state index contributed by atoms with van der Waals surface area (Å²) >= 11 is 0. The van der Waals surface area contributed by atoms with Crippen molar-refractivity contribution in [2.45, 2.75) is 37.1 Å². The van der Waals surface area contributed by atoms with Gasteiger partial charge in [-0.1, -0.05) is 6.92 Å². The third-order valence-electron chi connectivity index (χ3n) is 3.24. The van der Waals surface area contributed by atoms with Crippen molar-refractivity contribution in [3.63, 3.8) is 0 Å². The summed E-state index contributed by atoms with van der Waals surface area (Å²) in [6, 6.07) is 0.0862. The SMILES string of the molecule is CCCNc1ncc(S(=O)(=O)N(CCOC)C2CC2)cn1. The van der Waals surface area contributed by atoms with Crippen molar-refractivity contribution in [1.82, 2.24) is 14.3 Å². The van der Waals surface area contributed by atoms with Gasteiger partial charge in [0.15, 0.2) is 0 Å². The summed E-state index contributed by atoms with van der Waals surface area (Å²) in [5.74, 6) is 0.450. The van der Waals surface area contributed by atoms with Crippen molar-refractivity contribution in [3.8, 4) is 0 Å². The topological polar surface area (TPSA) is 84.4 Å². The van der Waals surface area contributed by atoms with Crippen LogP contribution in [0, 0.1) is 0 Å². The predicted molar refractivity (Wildman–Crippen MR) is 79.6 cm³/mol. The fourth-order valence-corrected chi connectivity index (χ4v) is 3.52. The molecule has 118 valence electrons. The van der Waals surface area contributed by atoms with Gasteiger partial charge in [-0.05, 0) is 19.3 Å². The average Bonchev–Trinajstić information content (AvgIpc) is 3.30. The zero-order valence-corrected chi connectivity index (χ0v) is 13.3. The molecule has 1 aliphatic carbocycles. The Kier molecular flexibility index (Phi) is 5.49. The lowest BCUT2D eigenvalue weighted by Crippen LogP contribution is -2.36. The number of hydrogen-bond acceptors (Lipinski definition) is 6. The lowest BCUT2D eigenvalue weighted by Gasteiger charge is -2.21. The molecule has 2 rings (SSSR count). The molecule has 1 fully saturated rings. The fourth-order valence-electron chi connectivity index (χ4n) is 1.96. The molecule has 1 heterocycles. The first-order valence-corrected chi connectivity index (χ1v) is 8.60. The van der Waals surface area contributed by atoms with Gasteiger partial charge >= 0.3 is 0 Å². The lowest BCUT2D eigenvalue weighted by atomic mass is 10.5. The summed E-state index contributed by atoms with van der Waals surface area (Å²) in [6.07, 6.45) is 5.49. The molecular formula is C13H22N4O3S. The van der Waals surface area contributed by atoms with Crippen LogP contribution in [0.1, 0.15) is 26.2 Å². The number of aromatic nitrogens is 2. The highest BCUT2D eigenvalue weighted by molar-refractivity contribution is 7.89. The second-order valence-electron chi connectivity index (χ2n) is 5.01. The van der Waals surface area contributed by atoms with Crippen LogP contribution in [0.25, 0.3) is 0 Å². The standard InChI is InChI=1S/C13H22N4O3S/c1-3-6-14-13-15-9-12(10-16-13)21(18,19)17(7-8-20-2)11-4-5-11/h9-11H,3-8H2,1-2H3,(H,14,15,16). The van der Waals surface area contributed by atoms with Gasteiger partial charge in [-0.3, -0.25) is 0 Å². The Morgan fingerprint density at radius 2 is 2.05 bits per heavy atom. The number of anilines is 1. The van der Waals surface area contributed by atoms with E-state index in [2.05, 4.69) is 15.3 Å². The van der Waals surface area contributed by atoms with E-state index in [1.54, 1.807) is 7.11 Å². The molecule has 0 spiro atoms. The van der Waals surface area contributed by atoms with Gasteiger partial charge in [0, 0.05) is 26.2 Å². The van der Waals surface area contributed by atoms with E-state index < -0.39 is 10.0 Å². The van der Waals surface area contributed by atoms with E-state index >= 15 is 0 Å². The normalized spacial score (nSPS) is 15.4. The molecular weight excluding hydrogens is 292 g/mol. The lowest BCUT2D eigenvalue weighted by molar-refractivity contribution is 0.177. The Morgan fingerprint density at radius 3 is 2.57 bits per heavy atom. The van der Waals surface area contributed by atoms with Gasteiger partial charge in [-0.15, -0.1) is 0 Å². The van der Waals surface area contributed by atoms with E-state index in [9.17, 15) is 8.42 Å². The van der Waals surface area contributed by atoms with Crippen LogP contribution in [-0.4, -0.2) is 55.5 Å². The van der Waals surface area contributed by atoms with Crippen LogP contribution in [0.3, 0.4) is 0 Å². The molecule has 0 aromatic carbocycles. The van der Waals surface area contributed by atoms with Gasteiger partial charge in [-0.25, -0.2) is 18.4 Å². The molecule has 0 saturated heterocycles. The van der Waals surface area contributed by atoms with Crippen LogP contribution in [0.2, 0.25) is 0 Å². The number of methoxy groups -OCH3 is 1. The Balaban J connectivity index is 2.13. The monoisotopic (exact) mass is 314 g/mol. The van der Waals surface area contributed by atoms with Crippen molar-refractivity contribution in [2.24, 2.45) is 0 Å². The highest BCUT2D eigenvalue weighted by Crippen LogP contribution is 2.31. The largest absolute Gasteiger partial charge is 0.383 e. The van der Waals surface area contributed by atoms with Crippen LogP contribution in [0.15, 0.2) is 17.3 Å². The first kappa shape index (κ1) is 16.1. The third kappa shape index (κ3) is 4.12. The van der Waals surface area contributed by atoms with Crippen LogP contribution >= 0.6 is 0 Å². The zero-order chi connectivity index (χ0) is 15.3. The molecule has 1 aliphatic rings. The maximum Gasteiger partial charge on any atom is 0.246 e. The Labute approximate surface area is 125 Å². The molecule has 0 bridgehead atoms. The summed E-state index contributed by atoms with van der Waals surface area (Å²) in [5, 5.41) is 3.02. The van der Waals surface area contributed by atoms with Crippen molar-refractivity contribution in [3.05, 3.63) is 12.4 Å². The molecule has 0 unspecified atom stereocenters. The molecule has 7 nitrogen and oxygen atoms in total. The molecule has 1 saturated carbocycles. The number of rotatable bonds is 9. The molecule has 8 heteroatoms. The second-order valence-corrected chi connectivity index (χ2v) is 6.90. The van der Waals surface area contributed by atoms with Crippen molar-refractivity contribution >= 4 is 16.0 Å². The molecule has 0 aliphatic heterocycles. The van der Waals surface area contributed by atoms with Crippen molar-refractivity contribution < 1.29 is 13.2 Å². The summed E-state index contributed by atoms with van der Waals surface area (Å²) in [7, 11) is -1.98. The maximum absolute atomic E-state index is 12.6. The highest BCUT2D eigenvalue weighted by Gasteiger charge is 2.38. The van der Waals surface area contributed by atoms with Gasteiger partial charge in [0.1, 0.15) is 4.90 Å². The summed E-state index contributed by atoms with van der Waals surface area (Å²) in [4.78, 5) is 8.26. The minimum absolute atomic E-state index is 0.0862. The number of nitrogens with one attached hydrogen (secondary N) is 1. The Morgan fingerprint density at radius 1 is 1.38 bits per heavy atom. The van der Waals surface area contributed by atoms with E-state index in [0.29, 0.717) is 19.1 Å². The van der Waals surface area contributed by atoms with Crippen molar-refractivity contribution in [1.29, 1.82) is 0 Å². The van der Waals surface area contributed by atoms with Crippen LogP contribution in [0.5, 0.6) is 0 Å². The zero-order valence-electron chi connectivity index (χ0n) is 12.4. The summed E-state index contributed by atoms with van der Waals surface area (Å²) in [5.41, 5.74) is 0. The van der Waals surface area contributed by atoms with Gasteiger partial charge < -0.3 is 10.1 Å². The number of hydrogen-bond donors (Lipinski definition) is 1. The molecule has 21 heavy (non-hydrogen) atoms. The molecule has 0 radical (unpaired) electrons. The molecule has 1 aromatic rings. The minimum atomic E-state index is -3.55. The van der Waals surface area contributed by atoms with E-state index in [0.717, 1.165) is 25.8 Å². The van der Waals surface area contributed by atoms with Gasteiger partial charge in [0.25, 0.3) is 0 Å². The maximum atomic E-state index is 12.6. The number of sulfonamides is 1. The molecule has 0 atom stereocenters. The summed E-state index contributed by atoms with van der Waals surface area (Å²) in [6.45, 7) is 3.54. The molecule has 1 N–H and O–H groups in total. The van der Waals surface area contributed by atoms with E-state index in [-0.39, 0.29) is 10.9 Å². The van der Waals surface area contributed by atoms with Crippen LogP contribution < -0.4 is 5.32 Å². The number of nitrogens with zero attached hydrogens (tertiary/aromatic N) is 3. The summed E-state index contributed by atoms with van der Waals surface area (Å²) < 4.78 is 31.7. The quantitative estimate of drug-likeness (QED) is 0.735. The smallest absolute Gasteiger partial charge is 0.246 e. The minimum Gasteiger partial charge on any atom is -0.383 e. The average molecular weight is 314 g/mol. The number of ether oxygens (including phenoxy) is 1. The van der Waals surface area contributed by atoms with E-state index in [4.69, 9.17) is 4.74 Å². The highest BCUT2D eigenvalue weighted by atomic mass is 32.2. The predicted octanol–water partition coefficient (Wildman–Crippen LogP) is 1.10.